The van der Waals surface area contributed by atoms with E-state index in [9.17, 15) is 5.11 Å². The zero-order valence-corrected chi connectivity index (χ0v) is 19.6. The van der Waals surface area contributed by atoms with Gasteiger partial charge in [0, 0.05) is 12.1 Å². The second kappa shape index (κ2) is 9.97. The van der Waals surface area contributed by atoms with E-state index >= 15 is 0 Å². The van der Waals surface area contributed by atoms with Gasteiger partial charge < -0.3 is 19.9 Å². The van der Waals surface area contributed by atoms with E-state index in [1.807, 2.05) is 36.4 Å². The Hall–Kier alpha value is -3.50. The number of fused-ring (bicyclic) bond motifs is 1. The summed E-state index contributed by atoms with van der Waals surface area (Å²) in [6.07, 6.45) is -0.132. The fraction of sp³-hybridized carbons (Fsp3) is 0.241. The number of hydrogen-bond donors (Lipinski definition) is 2. The molecule has 0 saturated carbocycles. The van der Waals surface area contributed by atoms with Crippen molar-refractivity contribution in [3.8, 4) is 11.5 Å². The average molecular weight is 442 g/mol. The van der Waals surface area contributed by atoms with E-state index in [-0.39, 0.29) is 6.04 Å². The van der Waals surface area contributed by atoms with Crippen molar-refractivity contribution < 1.29 is 14.6 Å². The molecule has 4 aromatic carbocycles. The predicted molar refractivity (Wildman–Crippen MR) is 135 cm³/mol. The zero-order valence-electron chi connectivity index (χ0n) is 19.6. The lowest BCUT2D eigenvalue weighted by Crippen LogP contribution is -2.15. The first-order chi connectivity index (χ1) is 16.0. The summed E-state index contributed by atoms with van der Waals surface area (Å²) in [5.41, 5.74) is 5.41. The van der Waals surface area contributed by atoms with Gasteiger partial charge in [-0.15, -0.1) is 0 Å². The summed E-state index contributed by atoms with van der Waals surface area (Å²) in [5.74, 6) is 1.35. The van der Waals surface area contributed by atoms with Crippen molar-refractivity contribution in [2.24, 2.45) is 0 Å². The van der Waals surface area contributed by atoms with Crippen LogP contribution in [-0.2, 0) is 0 Å². The van der Waals surface area contributed by atoms with Gasteiger partial charge in [0.2, 0.25) is 0 Å². The van der Waals surface area contributed by atoms with Gasteiger partial charge in [0.05, 0.1) is 26.4 Å². The highest BCUT2D eigenvalue weighted by Gasteiger charge is 2.20. The Morgan fingerprint density at radius 2 is 1.45 bits per heavy atom. The Balaban J connectivity index is 1.67. The fourth-order valence-electron chi connectivity index (χ4n) is 4.15. The van der Waals surface area contributed by atoms with Gasteiger partial charge in [-0.3, -0.25) is 0 Å². The van der Waals surface area contributed by atoms with Crippen molar-refractivity contribution in [3.05, 3.63) is 101 Å². The number of methoxy groups -OCH3 is 2. The molecule has 0 aromatic heterocycles. The second-order valence-corrected chi connectivity index (χ2v) is 8.47. The van der Waals surface area contributed by atoms with Crippen LogP contribution in [0.1, 0.15) is 40.8 Å². The Bertz CT molecular complexity index is 1250. The Kier molecular flexibility index (Phi) is 6.85. The van der Waals surface area contributed by atoms with E-state index in [2.05, 4.69) is 61.6 Å². The van der Waals surface area contributed by atoms with E-state index < -0.39 is 6.10 Å². The first-order valence-electron chi connectivity index (χ1n) is 11.2. The van der Waals surface area contributed by atoms with Gasteiger partial charge in [0.25, 0.3) is 0 Å². The SMILES string of the molecule is COc1ccc(C(CC(O)c2ccc3ccccc3c2)Nc2ccc(C)c(C)c2)cc1OC. The van der Waals surface area contributed by atoms with Gasteiger partial charge in [-0.1, -0.05) is 48.5 Å². The standard InChI is InChI=1S/C29H31NO3/c1-19-9-13-25(15-20(19)2)30-26(23-12-14-28(32-3)29(17-23)33-4)18-27(31)24-11-10-21-7-5-6-8-22(21)16-24/h5-17,26-27,30-31H,18H2,1-4H3. The summed E-state index contributed by atoms with van der Waals surface area (Å²) < 4.78 is 10.9. The summed E-state index contributed by atoms with van der Waals surface area (Å²) in [7, 11) is 3.27. The quantitative estimate of drug-likeness (QED) is 0.317. The van der Waals surface area contributed by atoms with Gasteiger partial charge in [-0.05, 0) is 77.2 Å². The molecule has 4 nitrogen and oxygen atoms in total. The number of hydrogen-bond acceptors (Lipinski definition) is 4. The third-order valence-electron chi connectivity index (χ3n) is 6.28. The third kappa shape index (κ3) is 5.12. The molecule has 0 aliphatic rings. The normalized spacial score (nSPS) is 12.9. The van der Waals surface area contributed by atoms with Crippen LogP contribution < -0.4 is 14.8 Å². The second-order valence-electron chi connectivity index (χ2n) is 8.47. The van der Waals surface area contributed by atoms with Crippen LogP contribution in [0.15, 0.2) is 78.9 Å². The lowest BCUT2D eigenvalue weighted by molar-refractivity contribution is 0.161. The van der Waals surface area contributed by atoms with Gasteiger partial charge in [-0.2, -0.15) is 0 Å². The molecule has 170 valence electrons. The van der Waals surface area contributed by atoms with Gasteiger partial charge in [0.15, 0.2) is 11.5 Å². The number of anilines is 1. The summed E-state index contributed by atoms with van der Waals surface area (Å²) in [5, 5.41) is 17.1. The lowest BCUT2D eigenvalue weighted by atomic mass is 9.94. The Labute approximate surface area is 195 Å². The smallest absolute Gasteiger partial charge is 0.161 e. The summed E-state index contributed by atoms with van der Waals surface area (Å²) in [6.45, 7) is 4.21. The molecule has 0 heterocycles. The van der Waals surface area contributed by atoms with Crippen molar-refractivity contribution in [2.75, 3.05) is 19.5 Å². The van der Waals surface area contributed by atoms with Crippen LogP contribution in [0.3, 0.4) is 0 Å². The van der Waals surface area contributed by atoms with E-state index in [4.69, 9.17) is 9.47 Å². The van der Waals surface area contributed by atoms with Gasteiger partial charge in [-0.25, -0.2) is 0 Å². The number of aliphatic hydroxyl groups is 1. The molecule has 0 spiro atoms. The van der Waals surface area contributed by atoms with E-state index in [0.717, 1.165) is 27.6 Å². The molecule has 4 aromatic rings. The molecule has 33 heavy (non-hydrogen) atoms. The van der Waals surface area contributed by atoms with Crippen molar-refractivity contribution in [2.45, 2.75) is 32.4 Å². The first-order valence-corrected chi connectivity index (χ1v) is 11.2. The summed E-state index contributed by atoms with van der Waals surface area (Å²) in [6, 6.07) is 26.5. The molecular formula is C29H31NO3. The van der Waals surface area contributed by atoms with Crippen molar-refractivity contribution >= 4 is 16.5 Å². The molecular weight excluding hydrogens is 410 g/mol. The number of benzene rings is 4. The lowest BCUT2D eigenvalue weighted by Gasteiger charge is -2.25. The maximum atomic E-state index is 11.2. The third-order valence-corrected chi connectivity index (χ3v) is 6.28. The number of aryl methyl sites for hydroxylation is 2. The van der Waals surface area contributed by atoms with Crippen LogP contribution in [0.2, 0.25) is 0 Å². The molecule has 4 rings (SSSR count). The topological polar surface area (TPSA) is 50.7 Å². The minimum absolute atomic E-state index is 0.131. The molecule has 0 radical (unpaired) electrons. The van der Waals surface area contributed by atoms with Crippen molar-refractivity contribution in [3.63, 3.8) is 0 Å². The molecule has 0 aliphatic carbocycles. The van der Waals surface area contributed by atoms with Crippen LogP contribution >= 0.6 is 0 Å². The number of aliphatic hydroxyl groups excluding tert-OH is 1. The Morgan fingerprint density at radius 3 is 2.18 bits per heavy atom. The molecule has 0 fully saturated rings. The molecule has 0 amide bonds. The molecule has 0 aliphatic heterocycles. The van der Waals surface area contributed by atoms with Crippen LogP contribution in [0.5, 0.6) is 11.5 Å². The molecule has 2 N–H and O–H groups in total. The van der Waals surface area contributed by atoms with Gasteiger partial charge in [0.1, 0.15) is 0 Å². The predicted octanol–water partition coefficient (Wildman–Crippen LogP) is 6.75. The molecule has 0 bridgehead atoms. The molecule has 4 heteroatoms. The van der Waals surface area contributed by atoms with Crippen LogP contribution in [0.25, 0.3) is 10.8 Å². The number of nitrogens with one attached hydrogen (secondary N) is 1. The summed E-state index contributed by atoms with van der Waals surface area (Å²) >= 11 is 0. The average Bonchev–Trinajstić information content (AvgIpc) is 2.85. The maximum absolute atomic E-state index is 11.2. The van der Waals surface area contributed by atoms with E-state index in [0.29, 0.717) is 17.9 Å². The highest BCUT2D eigenvalue weighted by atomic mass is 16.5. The molecule has 0 saturated heterocycles. The minimum Gasteiger partial charge on any atom is -0.493 e. The first kappa shape index (κ1) is 22.7. The molecule has 2 unspecified atom stereocenters. The van der Waals surface area contributed by atoms with E-state index in [1.54, 1.807) is 14.2 Å². The number of rotatable bonds is 8. The van der Waals surface area contributed by atoms with Crippen LogP contribution in [0.4, 0.5) is 5.69 Å². The monoisotopic (exact) mass is 441 g/mol. The van der Waals surface area contributed by atoms with Crippen LogP contribution in [0, 0.1) is 13.8 Å². The van der Waals surface area contributed by atoms with Crippen molar-refractivity contribution in [1.82, 2.24) is 0 Å². The highest BCUT2D eigenvalue weighted by molar-refractivity contribution is 5.83. The van der Waals surface area contributed by atoms with Crippen molar-refractivity contribution in [1.29, 1.82) is 0 Å². The highest BCUT2D eigenvalue weighted by Crippen LogP contribution is 2.36. The van der Waals surface area contributed by atoms with Gasteiger partial charge >= 0.3 is 0 Å². The Morgan fingerprint density at radius 1 is 0.727 bits per heavy atom. The number of ether oxygens (including phenoxy) is 2. The van der Waals surface area contributed by atoms with E-state index in [1.165, 1.54) is 11.1 Å². The fourth-order valence-corrected chi connectivity index (χ4v) is 4.15. The minimum atomic E-state index is -0.633. The largest absolute Gasteiger partial charge is 0.493 e. The molecule has 2 atom stereocenters. The summed E-state index contributed by atoms with van der Waals surface area (Å²) in [4.78, 5) is 0. The van der Waals surface area contributed by atoms with Crippen LogP contribution in [-0.4, -0.2) is 19.3 Å². The zero-order chi connectivity index (χ0) is 23.4. The maximum Gasteiger partial charge on any atom is 0.161 e.